The lowest BCUT2D eigenvalue weighted by atomic mass is 9.79. The van der Waals surface area contributed by atoms with Gasteiger partial charge in [-0.15, -0.1) is 0 Å². The highest BCUT2D eigenvalue weighted by Crippen LogP contribution is 2.33. The minimum Gasteiger partial charge on any atom is -0.459 e. The van der Waals surface area contributed by atoms with E-state index in [9.17, 15) is 9.59 Å². The second-order valence-corrected chi connectivity index (χ2v) is 8.04. The molecule has 2 rings (SSSR count). The fraction of sp³-hybridized carbons (Fsp3) is 0.545. The Morgan fingerprint density at radius 3 is 2.27 bits per heavy atom. The van der Waals surface area contributed by atoms with E-state index in [1.54, 1.807) is 18.2 Å². The largest absolute Gasteiger partial charge is 0.459 e. The zero-order chi connectivity index (χ0) is 19.2. The van der Waals surface area contributed by atoms with Crippen LogP contribution in [0.25, 0.3) is 0 Å². The lowest BCUT2D eigenvalue weighted by Gasteiger charge is -2.30. The van der Waals surface area contributed by atoms with Gasteiger partial charge in [0, 0.05) is 6.08 Å². The Balaban J connectivity index is 1.77. The summed E-state index contributed by atoms with van der Waals surface area (Å²) < 4.78 is 10.9. The van der Waals surface area contributed by atoms with E-state index in [0.29, 0.717) is 17.4 Å². The van der Waals surface area contributed by atoms with E-state index < -0.39 is 5.60 Å². The Labute approximate surface area is 156 Å². The monoisotopic (exact) mass is 358 g/mol. The number of carbonyl (C=O) groups is 2. The van der Waals surface area contributed by atoms with Gasteiger partial charge in [0.2, 0.25) is 0 Å². The molecule has 1 aromatic rings. The van der Waals surface area contributed by atoms with Crippen LogP contribution in [0.4, 0.5) is 0 Å². The van der Waals surface area contributed by atoms with Crippen LogP contribution in [-0.4, -0.2) is 23.6 Å². The Kier molecular flexibility index (Phi) is 7.01. The van der Waals surface area contributed by atoms with Crippen molar-refractivity contribution in [3.8, 4) is 0 Å². The number of ether oxygens (including phenoxy) is 2. The molecule has 0 bridgehead atoms. The van der Waals surface area contributed by atoms with Crippen LogP contribution >= 0.6 is 0 Å². The number of esters is 2. The molecule has 1 aromatic carbocycles. The third-order valence-corrected chi connectivity index (χ3v) is 4.69. The maximum Gasteiger partial charge on any atom is 0.338 e. The van der Waals surface area contributed by atoms with Gasteiger partial charge in [0.25, 0.3) is 0 Å². The summed E-state index contributed by atoms with van der Waals surface area (Å²) in [5.41, 5.74) is 0.130. The van der Waals surface area contributed by atoms with Crippen LogP contribution < -0.4 is 0 Å². The first kappa shape index (κ1) is 20.2. The van der Waals surface area contributed by atoms with Crippen molar-refractivity contribution in [1.29, 1.82) is 0 Å². The Morgan fingerprint density at radius 1 is 1.08 bits per heavy atom. The summed E-state index contributed by atoms with van der Waals surface area (Å²) in [6.45, 7) is 7.56. The maximum atomic E-state index is 12.2. The molecule has 1 fully saturated rings. The lowest BCUT2D eigenvalue weighted by Crippen LogP contribution is -2.28. The molecule has 26 heavy (non-hydrogen) atoms. The lowest BCUT2D eigenvalue weighted by molar-refractivity contribution is -0.148. The van der Waals surface area contributed by atoms with Crippen LogP contribution in [0.15, 0.2) is 42.5 Å². The van der Waals surface area contributed by atoms with Crippen LogP contribution in [0.3, 0.4) is 0 Å². The highest BCUT2D eigenvalue weighted by molar-refractivity contribution is 5.89. The molecule has 1 unspecified atom stereocenters. The molecule has 0 heterocycles. The van der Waals surface area contributed by atoms with E-state index in [0.717, 1.165) is 25.7 Å². The van der Waals surface area contributed by atoms with Crippen molar-refractivity contribution < 1.29 is 19.1 Å². The zero-order valence-corrected chi connectivity index (χ0v) is 16.2. The van der Waals surface area contributed by atoms with Gasteiger partial charge in [0.05, 0.1) is 5.56 Å². The standard InChI is InChI=1S/C22H30O4/c1-16(25-21(24)19-8-6-5-7-9-19)18-13-10-17(11-14-18)12-15-20(23)26-22(2,3)4/h5-9,12,15-18H,10-11,13-14H2,1-4H3/b15-12+. The Morgan fingerprint density at radius 2 is 1.69 bits per heavy atom. The molecule has 0 N–H and O–H groups in total. The van der Waals surface area contributed by atoms with Crippen molar-refractivity contribution in [3.63, 3.8) is 0 Å². The van der Waals surface area contributed by atoms with Crippen LogP contribution in [0.1, 0.15) is 63.7 Å². The van der Waals surface area contributed by atoms with Gasteiger partial charge in [-0.05, 0) is 77.3 Å². The van der Waals surface area contributed by atoms with Crippen molar-refractivity contribution in [2.45, 2.75) is 65.1 Å². The van der Waals surface area contributed by atoms with Crippen LogP contribution in [0, 0.1) is 11.8 Å². The van der Waals surface area contributed by atoms with Crippen molar-refractivity contribution in [3.05, 3.63) is 48.0 Å². The molecule has 1 saturated carbocycles. The third kappa shape index (κ3) is 6.66. The summed E-state index contributed by atoms with van der Waals surface area (Å²) in [4.78, 5) is 23.9. The van der Waals surface area contributed by atoms with E-state index in [2.05, 4.69) is 0 Å². The SMILES string of the molecule is CC(OC(=O)c1ccccc1)C1CCC(/C=C/C(=O)OC(C)(C)C)CC1. The van der Waals surface area contributed by atoms with Gasteiger partial charge in [0.15, 0.2) is 0 Å². The number of allylic oxidation sites excluding steroid dienone is 1. The molecule has 4 heteroatoms. The normalized spacial score (nSPS) is 22.0. The van der Waals surface area contributed by atoms with Gasteiger partial charge >= 0.3 is 11.9 Å². The van der Waals surface area contributed by atoms with Gasteiger partial charge in [-0.3, -0.25) is 0 Å². The third-order valence-electron chi connectivity index (χ3n) is 4.69. The quantitative estimate of drug-likeness (QED) is 0.553. The van der Waals surface area contributed by atoms with Crippen molar-refractivity contribution >= 4 is 11.9 Å². The first-order chi connectivity index (χ1) is 12.2. The second-order valence-electron chi connectivity index (χ2n) is 8.04. The maximum absolute atomic E-state index is 12.2. The smallest absolute Gasteiger partial charge is 0.338 e. The Bertz CT molecular complexity index is 619. The zero-order valence-electron chi connectivity index (χ0n) is 16.2. The first-order valence-electron chi connectivity index (χ1n) is 9.42. The minimum absolute atomic E-state index is 0.0986. The molecular formula is C22H30O4. The molecule has 1 aliphatic carbocycles. The van der Waals surface area contributed by atoms with Crippen molar-refractivity contribution in [2.24, 2.45) is 11.8 Å². The second kappa shape index (κ2) is 9.02. The number of hydrogen-bond donors (Lipinski definition) is 0. The average Bonchev–Trinajstić information content (AvgIpc) is 2.59. The van der Waals surface area contributed by atoms with Crippen molar-refractivity contribution in [1.82, 2.24) is 0 Å². The topological polar surface area (TPSA) is 52.6 Å². The van der Waals surface area contributed by atoms with E-state index in [4.69, 9.17) is 9.47 Å². The molecule has 1 atom stereocenters. The molecule has 4 nitrogen and oxygen atoms in total. The summed E-state index contributed by atoms with van der Waals surface area (Å²) in [6.07, 6.45) is 7.39. The summed E-state index contributed by atoms with van der Waals surface area (Å²) in [7, 11) is 0. The van der Waals surface area contributed by atoms with E-state index in [1.807, 2.05) is 52.0 Å². The molecule has 0 spiro atoms. The molecule has 1 aliphatic rings. The average molecular weight is 358 g/mol. The van der Waals surface area contributed by atoms with Crippen LogP contribution in [0.2, 0.25) is 0 Å². The van der Waals surface area contributed by atoms with Gasteiger partial charge < -0.3 is 9.47 Å². The summed E-state index contributed by atoms with van der Waals surface area (Å²) >= 11 is 0. The fourth-order valence-electron chi connectivity index (χ4n) is 3.26. The highest BCUT2D eigenvalue weighted by Gasteiger charge is 2.27. The summed E-state index contributed by atoms with van der Waals surface area (Å²) in [6, 6.07) is 9.10. The van der Waals surface area contributed by atoms with E-state index >= 15 is 0 Å². The van der Waals surface area contributed by atoms with Crippen LogP contribution in [-0.2, 0) is 14.3 Å². The van der Waals surface area contributed by atoms with Gasteiger partial charge in [-0.1, -0.05) is 24.3 Å². The highest BCUT2D eigenvalue weighted by atomic mass is 16.6. The summed E-state index contributed by atoms with van der Waals surface area (Å²) in [5, 5.41) is 0. The molecule has 142 valence electrons. The van der Waals surface area contributed by atoms with Gasteiger partial charge in [-0.2, -0.15) is 0 Å². The van der Waals surface area contributed by atoms with E-state index in [-0.39, 0.29) is 18.0 Å². The molecule has 0 radical (unpaired) electrons. The Hall–Kier alpha value is -2.10. The number of carbonyl (C=O) groups excluding carboxylic acids is 2. The number of benzene rings is 1. The predicted molar refractivity (Wildman–Crippen MR) is 102 cm³/mol. The predicted octanol–water partition coefficient (Wildman–Crippen LogP) is 4.94. The molecule has 0 amide bonds. The van der Waals surface area contributed by atoms with E-state index in [1.165, 1.54) is 0 Å². The van der Waals surface area contributed by atoms with Crippen molar-refractivity contribution in [2.75, 3.05) is 0 Å². The fourth-order valence-corrected chi connectivity index (χ4v) is 3.26. The molecular weight excluding hydrogens is 328 g/mol. The van der Waals surface area contributed by atoms with Gasteiger partial charge in [-0.25, -0.2) is 9.59 Å². The van der Waals surface area contributed by atoms with Crippen LogP contribution in [0.5, 0.6) is 0 Å². The molecule has 0 aliphatic heterocycles. The van der Waals surface area contributed by atoms with Gasteiger partial charge in [0.1, 0.15) is 11.7 Å². The summed E-state index contributed by atoms with van der Waals surface area (Å²) in [5.74, 6) is 0.208. The minimum atomic E-state index is -0.461. The molecule has 0 aromatic heterocycles. The number of rotatable bonds is 5. The first-order valence-corrected chi connectivity index (χ1v) is 9.42. The molecule has 0 saturated heterocycles. The number of hydrogen-bond acceptors (Lipinski definition) is 4.